The number of carbonyl (C=O) groups is 2. The molecule has 2 fully saturated rings. The molecular formula is C25H30N2O3. The number of methoxy groups -OCH3 is 1. The van der Waals surface area contributed by atoms with Crippen molar-refractivity contribution in [3.05, 3.63) is 65.7 Å². The number of likely N-dealkylation sites (tertiary alicyclic amines) is 1. The molecule has 2 aliphatic rings. The zero-order valence-electron chi connectivity index (χ0n) is 17.5. The van der Waals surface area contributed by atoms with Crippen molar-refractivity contribution < 1.29 is 14.3 Å². The Hall–Kier alpha value is -2.82. The summed E-state index contributed by atoms with van der Waals surface area (Å²) in [5, 5.41) is 3.10. The van der Waals surface area contributed by atoms with Gasteiger partial charge in [-0.05, 0) is 42.9 Å². The lowest BCUT2D eigenvalue weighted by Crippen LogP contribution is -2.48. The molecule has 1 N–H and O–H groups in total. The fourth-order valence-electron chi connectivity index (χ4n) is 4.40. The number of ether oxygens (including phenoxy) is 1. The molecule has 158 valence electrons. The minimum absolute atomic E-state index is 0.0409. The van der Waals surface area contributed by atoms with Crippen LogP contribution >= 0.6 is 0 Å². The average Bonchev–Trinajstić information content (AvgIpc) is 3.64. The number of amides is 2. The van der Waals surface area contributed by atoms with Gasteiger partial charge >= 0.3 is 0 Å². The summed E-state index contributed by atoms with van der Waals surface area (Å²) in [6.07, 6.45) is 3.47. The molecule has 0 aromatic heterocycles. The van der Waals surface area contributed by atoms with Crippen LogP contribution in [0.3, 0.4) is 0 Å². The molecule has 1 aliphatic carbocycles. The van der Waals surface area contributed by atoms with Gasteiger partial charge in [0.05, 0.1) is 13.0 Å². The minimum atomic E-state index is -0.177. The molecule has 2 atom stereocenters. The molecule has 5 heteroatoms. The zero-order chi connectivity index (χ0) is 20.9. The molecule has 0 radical (unpaired) electrons. The third-order valence-electron chi connectivity index (χ3n) is 6.22. The van der Waals surface area contributed by atoms with E-state index in [0.717, 1.165) is 37.0 Å². The van der Waals surface area contributed by atoms with Crippen LogP contribution in [0.1, 0.15) is 36.3 Å². The molecule has 2 amide bonds. The van der Waals surface area contributed by atoms with Crippen molar-refractivity contribution in [3.63, 3.8) is 0 Å². The quantitative estimate of drug-likeness (QED) is 0.767. The van der Waals surface area contributed by atoms with Gasteiger partial charge in [-0.15, -0.1) is 0 Å². The molecule has 4 rings (SSSR count). The first-order chi connectivity index (χ1) is 14.7. The van der Waals surface area contributed by atoms with Gasteiger partial charge in [-0.3, -0.25) is 9.59 Å². The fourth-order valence-corrected chi connectivity index (χ4v) is 4.40. The van der Waals surface area contributed by atoms with Gasteiger partial charge < -0.3 is 15.0 Å². The molecule has 0 bridgehead atoms. The molecule has 0 unspecified atom stereocenters. The van der Waals surface area contributed by atoms with E-state index in [0.29, 0.717) is 19.6 Å². The third kappa shape index (κ3) is 4.84. The molecule has 0 spiro atoms. The highest BCUT2D eigenvalue weighted by molar-refractivity contribution is 5.83. The number of hydrogen-bond donors (Lipinski definition) is 1. The van der Waals surface area contributed by atoms with Crippen molar-refractivity contribution in [2.45, 2.75) is 31.6 Å². The first-order valence-corrected chi connectivity index (χ1v) is 10.9. The van der Waals surface area contributed by atoms with Crippen molar-refractivity contribution in [2.75, 3.05) is 26.7 Å². The predicted molar refractivity (Wildman–Crippen MR) is 116 cm³/mol. The second-order valence-electron chi connectivity index (χ2n) is 8.41. The Morgan fingerprint density at radius 2 is 1.73 bits per heavy atom. The number of benzene rings is 2. The first kappa shape index (κ1) is 20.5. The maximum Gasteiger partial charge on any atom is 0.225 e. The second kappa shape index (κ2) is 9.33. The molecule has 1 heterocycles. The molecule has 2 aromatic carbocycles. The van der Waals surface area contributed by atoms with Crippen LogP contribution < -0.4 is 10.1 Å². The van der Waals surface area contributed by atoms with Crippen molar-refractivity contribution in [3.8, 4) is 5.75 Å². The Kier molecular flexibility index (Phi) is 6.36. The van der Waals surface area contributed by atoms with Gasteiger partial charge in [0.15, 0.2) is 0 Å². The van der Waals surface area contributed by atoms with E-state index in [4.69, 9.17) is 4.74 Å². The van der Waals surface area contributed by atoms with E-state index < -0.39 is 0 Å². The lowest BCUT2D eigenvalue weighted by Gasteiger charge is -2.37. The molecule has 1 saturated carbocycles. The maximum absolute atomic E-state index is 13.0. The van der Waals surface area contributed by atoms with E-state index in [1.54, 1.807) is 7.11 Å². The van der Waals surface area contributed by atoms with Gasteiger partial charge in [-0.2, -0.15) is 0 Å². The van der Waals surface area contributed by atoms with Crippen LogP contribution in [0.15, 0.2) is 54.6 Å². The Balaban J connectivity index is 1.40. The summed E-state index contributed by atoms with van der Waals surface area (Å²) in [4.78, 5) is 27.7. The second-order valence-corrected chi connectivity index (χ2v) is 8.41. The van der Waals surface area contributed by atoms with E-state index in [9.17, 15) is 9.59 Å². The average molecular weight is 407 g/mol. The monoisotopic (exact) mass is 406 g/mol. The lowest BCUT2D eigenvalue weighted by atomic mass is 9.84. The van der Waals surface area contributed by atoms with Gasteiger partial charge in [0.2, 0.25) is 11.8 Å². The topological polar surface area (TPSA) is 58.6 Å². The number of hydrogen-bond acceptors (Lipinski definition) is 3. The van der Waals surface area contributed by atoms with E-state index >= 15 is 0 Å². The summed E-state index contributed by atoms with van der Waals surface area (Å²) in [6.45, 7) is 1.80. The van der Waals surface area contributed by atoms with E-state index in [1.807, 2.05) is 47.4 Å². The molecule has 5 nitrogen and oxygen atoms in total. The SMILES string of the molecule is COc1ccccc1CCNC(=O)[C@H]1C[C@@H](c2ccccc2)CN(C(=O)C2CC2)C1. The lowest BCUT2D eigenvalue weighted by molar-refractivity contribution is -0.137. The molecule has 1 saturated heterocycles. The molecule has 30 heavy (non-hydrogen) atoms. The Bertz CT molecular complexity index is 879. The van der Waals surface area contributed by atoms with Crippen molar-refractivity contribution in [1.82, 2.24) is 10.2 Å². The largest absolute Gasteiger partial charge is 0.496 e. The summed E-state index contributed by atoms with van der Waals surface area (Å²) >= 11 is 0. The van der Waals surface area contributed by atoms with E-state index in [2.05, 4.69) is 17.4 Å². The number of nitrogens with zero attached hydrogens (tertiary/aromatic N) is 1. The van der Waals surface area contributed by atoms with Crippen LogP contribution in [-0.4, -0.2) is 43.5 Å². The van der Waals surface area contributed by atoms with Crippen molar-refractivity contribution >= 4 is 11.8 Å². The van der Waals surface area contributed by atoms with E-state index in [1.165, 1.54) is 5.56 Å². The number of para-hydroxylation sites is 1. The highest BCUT2D eigenvalue weighted by atomic mass is 16.5. The Labute approximate surface area is 178 Å². The highest BCUT2D eigenvalue weighted by Gasteiger charge is 2.39. The summed E-state index contributed by atoms with van der Waals surface area (Å²) in [5.74, 6) is 1.31. The summed E-state index contributed by atoms with van der Waals surface area (Å²) < 4.78 is 5.39. The summed E-state index contributed by atoms with van der Waals surface area (Å²) in [7, 11) is 1.66. The van der Waals surface area contributed by atoms with Crippen LogP contribution in [0.4, 0.5) is 0 Å². The zero-order valence-corrected chi connectivity index (χ0v) is 17.5. The number of carbonyl (C=O) groups excluding carboxylic acids is 2. The number of rotatable bonds is 7. The Morgan fingerprint density at radius 1 is 1.00 bits per heavy atom. The van der Waals surface area contributed by atoms with Gasteiger partial charge in [-0.25, -0.2) is 0 Å². The van der Waals surface area contributed by atoms with E-state index in [-0.39, 0.29) is 29.6 Å². The standard InChI is InChI=1S/C25H30N2O3/c1-30-23-10-6-5-9-19(23)13-14-26-24(28)22-15-21(18-7-3-2-4-8-18)16-27(17-22)25(29)20-11-12-20/h2-10,20-22H,11-17H2,1H3,(H,26,28)/t21-,22+/m1/s1. The molecular weight excluding hydrogens is 376 g/mol. The van der Waals surface area contributed by atoms with Gasteiger partial charge in [0.25, 0.3) is 0 Å². The highest BCUT2D eigenvalue weighted by Crippen LogP contribution is 2.36. The fraction of sp³-hybridized carbons (Fsp3) is 0.440. The van der Waals surface area contributed by atoms with Crippen LogP contribution in [0.5, 0.6) is 5.75 Å². The summed E-state index contributed by atoms with van der Waals surface area (Å²) in [5.41, 5.74) is 2.29. The van der Waals surface area contributed by atoms with Crippen LogP contribution in [-0.2, 0) is 16.0 Å². The molecule has 2 aromatic rings. The minimum Gasteiger partial charge on any atom is -0.496 e. The Morgan fingerprint density at radius 3 is 2.47 bits per heavy atom. The van der Waals surface area contributed by atoms with Gasteiger partial charge in [-0.1, -0.05) is 48.5 Å². The smallest absolute Gasteiger partial charge is 0.225 e. The first-order valence-electron chi connectivity index (χ1n) is 10.9. The normalized spacial score (nSPS) is 21.2. The van der Waals surface area contributed by atoms with Crippen molar-refractivity contribution in [1.29, 1.82) is 0 Å². The summed E-state index contributed by atoms with van der Waals surface area (Å²) in [6, 6.07) is 18.1. The number of nitrogens with one attached hydrogen (secondary N) is 1. The van der Waals surface area contributed by atoms with Gasteiger partial charge in [0.1, 0.15) is 5.75 Å². The number of piperidine rings is 1. The van der Waals surface area contributed by atoms with Crippen LogP contribution in [0.2, 0.25) is 0 Å². The third-order valence-corrected chi connectivity index (χ3v) is 6.22. The maximum atomic E-state index is 13.0. The van der Waals surface area contributed by atoms with Crippen LogP contribution in [0, 0.1) is 11.8 Å². The van der Waals surface area contributed by atoms with Crippen LogP contribution in [0.25, 0.3) is 0 Å². The van der Waals surface area contributed by atoms with Crippen molar-refractivity contribution in [2.24, 2.45) is 11.8 Å². The van der Waals surface area contributed by atoms with Gasteiger partial charge in [0, 0.05) is 31.5 Å². The molecule has 1 aliphatic heterocycles. The predicted octanol–water partition coefficient (Wildman–Crippen LogP) is 3.40.